The first-order valence-corrected chi connectivity index (χ1v) is 9.22. The molecular weight excluding hydrogens is 352 g/mol. The van der Waals surface area contributed by atoms with Gasteiger partial charge in [0, 0.05) is 29.1 Å². The van der Waals surface area contributed by atoms with Crippen molar-refractivity contribution in [1.29, 1.82) is 0 Å². The summed E-state index contributed by atoms with van der Waals surface area (Å²) < 4.78 is 7.75. The fourth-order valence-electron chi connectivity index (χ4n) is 3.26. The average molecular weight is 376 g/mol. The Labute approximate surface area is 164 Å². The Hall–Kier alpha value is -3.34. The van der Waals surface area contributed by atoms with E-state index in [1.54, 1.807) is 24.3 Å². The van der Waals surface area contributed by atoms with Crippen LogP contribution in [0, 0.1) is 13.8 Å². The molecule has 28 heavy (non-hydrogen) atoms. The van der Waals surface area contributed by atoms with Gasteiger partial charge >= 0.3 is 0 Å². The number of nitrogens with two attached hydrogens (primary N) is 1. The second-order valence-corrected chi connectivity index (χ2v) is 6.77. The Morgan fingerprint density at radius 2 is 1.68 bits per heavy atom. The molecule has 0 aliphatic rings. The number of Topliss-reactive ketones (excluding diaryl/α,β-unsaturated/α-hetero) is 1. The standard InChI is InChI=1S/C23H24N2O3/c1-16-14-21(17(2)25(16)13-12-18-6-4-3-5-7-18)22(26)15-28-20-10-8-19(9-11-20)23(24)27/h3-11,14H,12-13,15H2,1-2H3,(H2,24,27). The van der Waals surface area contributed by atoms with Crippen molar-refractivity contribution in [1.82, 2.24) is 4.57 Å². The van der Waals surface area contributed by atoms with Gasteiger partial charge in [0.2, 0.25) is 11.7 Å². The fraction of sp³-hybridized carbons (Fsp3) is 0.217. The van der Waals surface area contributed by atoms with Crippen LogP contribution in [0.15, 0.2) is 60.7 Å². The lowest BCUT2D eigenvalue weighted by molar-refractivity contribution is 0.0919. The summed E-state index contributed by atoms with van der Waals surface area (Å²) in [5, 5.41) is 0. The number of carbonyl (C=O) groups is 2. The number of amides is 1. The molecule has 5 heteroatoms. The number of aromatic nitrogens is 1. The minimum absolute atomic E-state index is 0.0567. The second kappa shape index (κ2) is 8.57. The van der Waals surface area contributed by atoms with Gasteiger partial charge in [0.05, 0.1) is 0 Å². The highest BCUT2D eigenvalue weighted by atomic mass is 16.5. The molecule has 0 unspecified atom stereocenters. The van der Waals surface area contributed by atoms with Gasteiger partial charge in [-0.1, -0.05) is 30.3 Å². The van der Waals surface area contributed by atoms with E-state index in [-0.39, 0.29) is 12.4 Å². The summed E-state index contributed by atoms with van der Waals surface area (Å²) >= 11 is 0. The Balaban J connectivity index is 1.64. The molecule has 0 atom stereocenters. The summed E-state index contributed by atoms with van der Waals surface area (Å²) in [5.74, 6) is -0.0418. The van der Waals surface area contributed by atoms with E-state index in [1.807, 2.05) is 38.1 Å². The zero-order chi connectivity index (χ0) is 20.1. The van der Waals surface area contributed by atoms with E-state index in [2.05, 4.69) is 16.7 Å². The number of ketones is 1. The van der Waals surface area contributed by atoms with E-state index < -0.39 is 5.91 Å². The van der Waals surface area contributed by atoms with Crippen LogP contribution in [0.5, 0.6) is 5.75 Å². The maximum Gasteiger partial charge on any atom is 0.248 e. The fourth-order valence-corrected chi connectivity index (χ4v) is 3.26. The van der Waals surface area contributed by atoms with Crippen molar-refractivity contribution in [3.63, 3.8) is 0 Å². The van der Waals surface area contributed by atoms with Gasteiger partial charge in [0.25, 0.3) is 0 Å². The first kappa shape index (κ1) is 19.4. The van der Waals surface area contributed by atoms with Gasteiger partial charge in [0.1, 0.15) is 5.75 Å². The monoisotopic (exact) mass is 376 g/mol. The molecule has 0 aliphatic carbocycles. The number of hydrogen-bond donors (Lipinski definition) is 1. The zero-order valence-corrected chi connectivity index (χ0v) is 16.1. The highest BCUT2D eigenvalue weighted by Crippen LogP contribution is 2.18. The highest BCUT2D eigenvalue weighted by molar-refractivity contribution is 5.98. The molecule has 0 bridgehead atoms. The molecule has 3 aromatic rings. The normalized spacial score (nSPS) is 10.6. The lowest BCUT2D eigenvalue weighted by Gasteiger charge is -2.10. The molecule has 1 amide bonds. The van der Waals surface area contributed by atoms with Crippen LogP contribution in [0.25, 0.3) is 0 Å². The molecule has 144 valence electrons. The van der Waals surface area contributed by atoms with Crippen LogP contribution >= 0.6 is 0 Å². The maximum atomic E-state index is 12.6. The number of ether oxygens (including phenoxy) is 1. The van der Waals surface area contributed by atoms with Gasteiger partial charge in [-0.15, -0.1) is 0 Å². The van der Waals surface area contributed by atoms with Crippen LogP contribution in [0.3, 0.4) is 0 Å². The van der Waals surface area contributed by atoms with Crippen LogP contribution in [0.2, 0.25) is 0 Å². The van der Waals surface area contributed by atoms with Crippen molar-refractivity contribution >= 4 is 11.7 Å². The van der Waals surface area contributed by atoms with Crippen LogP contribution in [-0.4, -0.2) is 22.9 Å². The molecular formula is C23H24N2O3. The van der Waals surface area contributed by atoms with Gasteiger partial charge in [-0.05, 0) is 56.2 Å². The van der Waals surface area contributed by atoms with Crippen LogP contribution in [0.4, 0.5) is 0 Å². The van der Waals surface area contributed by atoms with Crippen molar-refractivity contribution < 1.29 is 14.3 Å². The molecule has 0 aliphatic heterocycles. The quantitative estimate of drug-likeness (QED) is 0.609. The average Bonchev–Trinajstić information content (AvgIpc) is 2.99. The van der Waals surface area contributed by atoms with Crippen LogP contribution in [0.1, 0.15) is 37.7 Å². The number of nitrogens with zero attached hydrogens (tertiary/aromatic N) is 1. The maximum absolute atomic E-state index is 12.6. The second-order valence-electron chi connectivity index (χ2n) is 6.77. The predicted octanol–water partition coefficient (Wildman–Crippen LogP) is 3.71. The molecule has 0 saturated heterocycles. The number of carbonyl (C=O) groups excluding carboxylic acids is 2. The van der Waals surface area contributed by atoms with Gasteiger partial charge < -0.3 is 15.0 Å². The third-order valence-corrected chi connectivity index (χ3v) is 4.85. The molecule has 0 fully saturated rings. The summed E-state index contributed by atoms with van der Waals surface area (Å²) in [6.07, 6.45) is 0.910. The molecule has 0 spiro atoms. The van der Waals surface area contributed by atoms with Gasteiger partial charge in [-0.2, -0.15) is 0 Å². The summed E-state index contributed by atoms with van der Waals surface area (Å²) in [6, 6.07) is 18.6. The largest absolute Gasteiger partial charge is 0.485 e. The van der Waals surface area contributed by atoms with Crippen molar-refractivity contribution in [3.8, 4) is 5.75 Å². The number of benzene rings is 2. The number of rotatable bonds is 8. The van der Waals surface area contributed by atoms with E-state index in [1.165, 1.54) is 5.56 Å². The molecule has 0 radical (unpaired) electrons. The van der Waals surface area contributed by atoms with E-state index in [0.717, 1.165) is 24.4 Å². The van der Waals surface area contributed by atoms with E-state index in [9.17, 15) is 9.59 Å². The third-order valence-electron chi connectivity index (χ3n) is 4.85. The Kier molecular flexibility index (Phi) is 5.94. The molecule has 2 N–H and O–H groups in total. The zero-order valence-electron chi connectivity index (χ0n) is 16.1. The summed E-state index contributed by atoms with van der Waals surface area (Å²) in [7, 11) is 0. The van der Waals surface area contributed by atoms with E-state index >= 15 is 0 Å². The third kappa shape index (κ3) is 4.49. The van der Waals surface area contributed by atoms with Crippen molar-refractivity contribution in [2.75, 3.05) is 6.61 Å². The van der Waals surface area contributed by atoms with Gasteiger partial charge in [-0.25, -0.2) is 0 Å². The minimum atomic E-state index is -0.495. The molecule has 1 aromatic heterocycles. The summed E-state index contributed by atoms with van der Waals surface area (Å²) in [6.45, 7) is 4.74. The number of aryl methyl sites for hydroxylation is 2. The Morgan fingerprint density at radius 3 is 2.32 bits per heavy atom. The lowest BCUT2D eigenvalue weighted by atomic mass is 10.1. The van der Waals surface area contributed by atoms with Crippen molar-refractivity contribution in [3.05, 3.63) is 88.7 Å². The summed E-state index contributed by atoms with van der Waals surface area (Å²) in [4.78, 5) is 23.7. The van der Waals surface area contributed by atoms with Crippen molar-refractivity contribution in [2.45, 2.75) is 26.8 Å². The molecule has 2 aromatic carbocycles. The predicted molar refractivity (Wildman–Crippen MR) is 109 cm³/mol. The van der Waals surface area contributed by atoms with E-state index in [4.69, 9.17) is 10.5 Å². The van der Waals surface area contributed by atoms with Crippen LogP contribution in [-0.2, 0) is 13.0 Å². The molecule has 3 rings (SSSR count). The lowest BCUT2D eigenvalue weighted by Crippen LogP contribution is -2.14. The molecule has 5 nitrogen and oxygen atoms in total. The highest BCUT2D eigenvalue weighted by Gasteiger charge is 2.16. The van der Waals surface area contributed by atoms with Crippen molar-refractivity contribution in [2.24, 2.45) is 5.73 Å². The Bertz CT molecular complexity index is 973. The molecule has 1 heterocycles. The summed E-state index contributed by atoms with van der Waals surface area (Å²) in [5.41, 5.74) is 9.58. The smallest absolute Gasteiger partial charge is 0.248 e. The SMILES string of the molecule is Cc1cc(C(=O)COc2ccc(C(N)=O)cc2)c(C)n1CCc1ccccc1. The molecule has 0 saturated carbocycles. The van der Waals surface area contributed by atoms with E-state index in [0.29, 0.717) is 16.9 Å². The van der Waals surface area contributed by atoms with Gasteiger partial charge in [-0.3, -0.25) is 9.59 Å². The minimum Gasteiger partial charge on any atom is -0.485 e. The number of hydrogen-bond acceptors (Lipinski definition) is 3. The first-order chi connectivity index (χ1) is 13.5. The Morgan fingerprint density at radius 1 is 1.00 bits per heavy atom. The van der Waals surface area contributed by atoms with Crippen LogP contribution < -0.4 is 10.5 Å². The number of primary amides is 1. The topological polar surface area (TPSA) is 74.3 Å². The first-order valence-electron chi connectivity index (χ1n) is 9.22. The van der Waals surface area contributed by atoms with Gasteiger partial charge in [0.15, 0.2) is 6.61 Å².